The van der Waals surface area contributed by atoms with Crippen molar-refractivity contribution in [3.8, 4) is 22.6 Å². The maximum atomic E-state index is 13.0. The predicted octanol–water partition coefficient (Wildman–Crippen LogP) is 6.16. The van der Waals surface area contributed by atoms with E-state index >= 15 is 0 Å². The zero-order chi connectivity index (χ0) is 30.1. The summed E-state index contributed by atoms with van der Waals surface area (Å²) in [7, 11) is -0.821. The summed E-state index contributed by atoms with van der Waals surface area (Å²) in [5, 5.41) is 13.7. The average Bonchev–Trinajstić information content (AvgIpc) is 3.40. The first kappa shape index (κ1) is 29.4. The molecule has 0 aromatic heterocycles. The van der Waals surface area contributed by atoms with Crippen molar-refractivity contribution in [1.82, 2.24) is 5.32 Å². The van der Waals surface area contributed by atoms with Gasteiger partial charge in [-0.25, -0.2) is 4.79 Å². The van der Waals surface area contributed by atoms with Crippen molar-refractivity contribution in [2.45, 2.75) is 51.7 Å². The number of phenols is 1. The summed E-state index contributed by atoms with van der Waals surface area (Å²) in [5.41, 5.74) is 4.48. The van der Waals surface area contributed by atoms with Crippen LogP contribution in [0.1, 0.15) is 67.6 Å². The SMILES string of the molecule is CCOc1cc(C=O)cc(C=C(CNC(=O)OCC2c3ccccc3-c3ccccc32)B2OC(C)(C)C(C)(C)O2)c1O. The molecule has 9 heteroatoms. The van der Waals surface area contributed by atoms with Crippen molar-refractivity contribution in [3.63, 3.8) is 0 Å². The van der Waals surface area contributed by atoms with Gasteiger partial charge in [-0.1, -0.05) is 54.6 Å². The number of alkyl carbamates (subject to hydrolysis) is 1. The van der Waals surface area contributed by atoms with Crippen LogP contribution in [0.15, 0.2) is 66.1 Å². The van der Waals surface area contributed by atoms with Gasteiger partial charge in [-0.2, -0.15) is 0 Å². The lowest BCUT2D eigenvalue weighted by atomic mass is 9.76. The minimum atomic E-state index is -0.821. The first-order chi connectivity index (χ1) is 20.0. The molecule has 1 aliphatic heterocycles. The Morgan fingerprint density at radius 1 is 1.00 bits per heavy atom. The van der Waals surface area contributed by atoms with Gasteiger partial charge in [0.1, 0.15) is 12.9 Å². The number of benzene rings is 3. The summed E-state index contributed by atoms with van der Waals surface area (Å²) in [5.74, 6) is -0.00926. The molecular formula is C33H36BNO7. The maximum absolute atomic E-state index is 13.0. The summed E-state index contributed by atoms with van der Waals surface area (Å²) in [6, 6.07) is 19.3. The average molecular weight is 569 g/mol. The molecule has 2 aliphatic rings. The second-order valence-electron chi connectivity index (χ2n) is 11.5. The van der Waals surface area contributed by atoms with E-state index in [1.807, 2.05) is 52.0 Å². The van der Waals surface area contributed by atoms with Gasteiger partial charge in [-0.05, 0) is 74.5 Å². The fraction of sp³-hybridized carbons (Fsp3) is 0.333. The summed E-state index contributed by atoms with van der Waals surface area (Å²) >= 11 is 0. The van der Waals surface area contributed by atoms with Crippen molar-refractivity contribution >= 4 is 25.6 Å². The molecule has 1 heterocycles. The lowest BCUT2D eigenvalue weighted by Gasteiger charge is -2.32. The quantitative estimate of drug-likeness (QED) is 0.235. The van der Waals surface area contributed by atoms with Crippen molar-refractivity contribution in [3.05, 3.63) is 88.4 Å². The topological polar surface area (TPSA) is 103 Å². The van der Waals surface area contributed by atoms with Crippen LogP contribution >= 0.6 is 0 Å². The summed E-state index contributed by atoms with van der Waals surface area (Å²) in [4.78, 5) is 24.6. The zero-order valence-corrected chi connectivity index (χ0v) is 24.6. The lowest BCUT2D eigenvalue weighted by Crippen LogP contribution is -2.41. The smallest absolute Gasteiger partial charge is 0.492 e. The van der Waals surface area contributed by atoms with E-state index in [-0.39, 0.29) is 30.6 Å². The van der Waals surface area contributed by atoms with Crippen molar-refractivity contribution in [1.29, 1.82) is 0 Å². The molecule has 42 heavy (non-hydrogen) atoms. The van der Waals surface area contributed by atoms with Crippen LogP contribution in [0.25, 0.3) is 17.2 Å². The summed E-state index contributed by atoms with van der Waals surface area (Å²) in [6.07, 6.45) is 1.74. The van der Waals surface area contributed by atoms with Crippen LogP contribution in [0.3, 0.4) is 0 Å². The van der Waals surface area contributed by atoms with E-state index in [2.05, 4.69) is 29.6 Å². The number of hydrogen-bond donors (Lipinski definition) is 2. The van der Waals surface area contributed by atoms with Crippen LogP contribution < -0.4 is 10.1 Å². The van der Waals surface area contributed by atoms with Gasteiger partial charge in [-0.3, -0.25) is 4.79 Å². The monoisotopic (exact) mass is 569 g/mol. The number of rotatable bonds is 9. The van der Waals surface area contributed by atoms with Crippen LogP contribution in [0.2, 0.25) is 0 Å². The van der Waals surface area contributed by atoms with Gasteiger partial charge >= 0.3 is 13.2 Å². The van der Waals surface area contributed by atoms with Gasteiger partial charge in [0.05, 0.1) is 17.8 Å². The number of aldehydes is 1. The number of nitrogens with one attached hydrogen (secondary N) is 1. The van der Waals surface area contributed by atoms with E-state index < -0.39 is 24.4 Å². The first-order valence-corrected chi connectivity index (χ1v) is 14.1. The molecule has 0 saturated carbocycles. The molecule has 8 nitrogen and oxygen atoms in total. The number of aromatic hydroxyl groups is 1. The predicted molar refractivity (Wildman–Crippen MR) is 162 cm³/mol. The highest BCUT2D eigenvalue weighted by Crippen LogP contribution is 2.44. The molecule has 1 amide bonds. The van der Waals surface area contributed by atoms with E-state index in [9.17, 15) is 14.7 Å². The van der Waals surface area contributed by atoms with Gasteiger partial charge in [0, 0.05) is 23.6 Å². The van der Waals surface area contributed by atoms with E-state index in [1.54, 1.807) is 19.1 Å². The molecule has 5 rings (SSSR count). The third kappa shape index (κ3) is 5.67. The fourth-order valence-electron chi connectivity index (χ4n) is 5.32. The molecular weight excluding hydrogens is 533 g/mol. The number of phenolic OH excluding ortho intramolecular Hbond substituents is 1. The minimum Gasteiger partial charge on any atom is -0.504 e. The Morgan fingerprint density at radius 3 is 2.17 bits per heavy atom. The normalized spacial score (nSPS) is 17.0. The first-order valence-electron chi connectivity index (χ1n) is 14.1. The molecule has 218 valence electrons. The molecule has 0 atom stereocenters. The Kier molecular flexibility index (Phi) is 8.17. The van der Waals surface area contributed by atoms with Gasteiger partial charge in [0.25, 0.3) is 0 Å². The Morgan fingerprint density at radius 2 is 1.60 bits per heavy atom. The molecule has 0 spiro atoms. The lowest BCUT2D eigenvalue weighted by molar-refractivity contribution is 0.00578. The molecule has 0 unspecified atom stereocenters. The second kappa shape index (κ2) is 11.7. The highest BCUT2D eigenvalue weighted by Gasteiger charge is 2.52. The van der Waals surface area contributed by atoms with E-state index in [0.717, 1.165) is 22.3 Å². The molecule has 0 bridgehead atoms. The van der Waals surface area contributed by atoms with Crippen LogP contribution in [0.5, 0.6) is 11.5 Å². The fourth-order valence-corrected chi connectivity index (χ4v) is 5.32. The van der Waals surface area contributed by atoms with E-state index in [1.165, 1.54) is 6.07 Å². The number of fused-ring (bicyclic) bond motifs is 3. The molecule has 1 aliphatic carbocycles. The van der Waals surface area contributed by atoms with Crippen molar-refractivity contribution in [2.24, 2.45) is 0 Å². The van der Waals surface area contributed by atoms with E-state index in [4.69, 9.17) is 18.8 Å². The Labute approximate surface area is 246 Å². The highest BCUT2D eigenvalue weighted by atomic mass is 16.7. The second-order valence-corrected chi connectivity index (χ2v) is 11.5. The Balaban J connectivity index is 1.36. The van der Waals surface area contributed by atoms with Crippen LogP contribution in [-0.4, -0.2) is 55.6 Å². The van der Waals surface area contributed by atoms with Crippen LogP contribution in [-0.2, 0) is 14.0 Å². The number of hydrogen-bond acceptors (Lipinski definition) is 7. The van der Waals surface area contributed by atoms with Crippen molar-refractivity contribution in [2.75, 3.05) is 19.8 Å². The molecule has 2 N–H and O–H groups in total. The zero-order valence-electron chi connectivity index (χ0n) is 24.6. The van der Waals surface area contributed by atoms with Gasteiger partial charge in [-0.15, -0.1) is 0 Å². The molecule has 3 aromatic carbocycles. The Hall–Kier alpha value is -4.08. The number of carbonyl (C=O) groups is 2. The van der Waals surface area contributed by atoms with Crippen LogP contribution in [0, 0.1) is 0 Å². The maximum Gasteiger partial charge on any atom is 0.492 e. The number of amides is 1. The molecule has 1 fully saturated rings. The van der Waals surface area contributed by atoms with Crippen LogP contribution in [0.4, 0.5) is 4.79 Å². The summed E-state index contributed by atoms with van der Waals surface area (Å²) in [6.45, 7) is 10.0. The molecule has 0 radical (unpaired) electrons. The minimum absolute atomic E-state index is 0.0161. The largest absolute Gasteiger partial charge is 0.504 e. The molecule has 3 aromatic rings. The van der Waals surface area contributed by atoms with E-state index in [0.29, 0.717) is 29.5 Å². The highest BCUT2D eigenvalue weighted by molar-refractivity contribution is 6.56. The number of carbonyl (C=O) groups excluding carboxylic acids is 2. The van der Waals surface area contributed by atoms with Gasteiger partial charge < -0.3 is 29.2 Å². The van der Waals surface area contributed by atoms with Crippen molar-refractivity contribution < 1.29 is 33.5 Å². The standard InChI is InChI=1S/C33H36BNO7/c1-6-39-29-16-21(19-36)15-22(30(29)37)17-23(34-41-32(2,3)33(4,5)42-34)18-35-31(38)40-20-28-26-13-9-7-11-24(26)25-12-8-10-14-27(25)28/h7-17,19,28,37H,6,18,20H2,1-5H3,(H,35,38). The van der Waals surface area contributed by atoms with Gasteiger partial charge in [0.15, 0.2) is 11.5 Å². The third-order valence-electron chi connectivity index (χ3n) is 8.24. The number of ether oxygens (including phenoxy) is 2. The molecule has 1 saturated heterocycles. The van der Waals surface area contributed by atoms with Gasteiger partial charge in [0.2, 0.25) is 0 Å². The third-order valence-corrected chi connectivity index (χ3v) is 8.24. The Bertz CT molecular complexity index is 1470. The summed E-state index contributed by atoms with van der Waals surface area (Å²) < 4.78 is 23.8.